The number of hydrogen-bond donors (Lipinski definition) is 1. The van der Waals surface area contributed by atoms with Gasteiger partial charge in [-0.1, -0.05) is 5.16 Å². The van der Waals surface area contributed by atoms with Gasteiger partial charge in [0.1, 0.15) is 11.5 Å². The summed E-state index contributed by atoms with van der Waals surface area (Å²) in [7, 11) is 0. The lowest BCUT2D eigenvalue weighted by atomic mass is 10.3. The van der Waals surface area contributed by atoms with Crippen molar-refractivity contribution >= 4 is 5.84 Å². The van der Waals surface area contributed by atoms with Gasteiger partial charge in [0, 0.05) is 12.0 Å². The Labute approximate surface area is 76.8 Å². The van der Waals surface area contributed by atoms with Gasteiger partial charge in [0.25, 0.3) is 0 Å². The van der Waals surface area contributed by atoms with Crippen molar-refractivity contribution in [3.05, 3.63) is 17.5 Å². The van der Waals surface area contributed by atoms with Crippen LogP contribution in [0, 0.1) is 12.8 Å². The molecule has 1 heterocycles. The molecule has 0 radical (unpaired) electrons. The molecule has 1 aromatic rings. The van der Waals surface area contributed by atoms with Gasteiger partial charge in [-0.3, -0.25) is 4.99 Å². The molecule has 0 bridgehead atoms. The Morgan fingerprint density at radius 2 is 2.54 bits per heavy atom. The first-order valence-corrected chi connectivity index (χ1v) is 4.47. The monoisotopic (exact) mass is 179 g/mol. The summed E-state index contributed by atoms with van der Waals surface area (Å²) in [4.78, 5) is 4.24. The number of aliphatic imine (C=N–C) groups is 1. The second kappa shape index (κ2) is 3.20. The van der Waals surface area contributed by atoms with Gasteiger partial charge >= 0.3 is 0 Å². The minimum Gasteiger partial charge on any atom is -0.387 e. The van der Waals surface area contributed by atoms with Gasteiger partial charge in [-0.05, 0) is 19.8 Å². The zero-order chi connectivity index (χ0) is 9.26. The van der Waals surface area contributed by atoms with E-state index >= 15 is 0 Å². The fraction of sp³-hybridized carbons (Fsp3) is 0.556. The van der Waals surface area contributed by atoms with E-state index in [1.807, 2.05) is 13.0 Å². The molecule has 0 atom stereocenters. The standard InChI is InChI=1S/C9H13N3O/c1-6-4-8(12-13-6)5-11-9(10)7-2-3-7/h4,7H,2-3,5H2,1H3,(H2,10,11). The summed E-state index contributed by atoms with van der Waals surface area (Å²) in [6.45, 7) is 2.41. The number of nitrogens with zero attached hydrogens (tertiary/aromatic N) is 2. The Bertz CT molecular complexity index is 325. The van der Waals surface area contributed by atoms with Crippen molar-refractivity contribution in [2.75, 3.05) is 0 Å². The van der Waals surface area contributed by atoms with E-state index in [0.29, 0.717) is 12.5 Å². The van der Waals surface area contributed by atoms with Crippen LogP contribution < -0.4 is 5.73 Å². The Balaban J connectivity index is 1.94. The number of amidine groups is 1. The van der Waals surface area contributed by atoms with Crippen LogP contribution >= 0.6 is 0 Å². The molecule has 4 heteroatoms. The zero-order valence-electron chi connectivity index (χ0n) is 7.66. The van der Waals surface area contributed by atoms with Crippen molar-refractivity contribution in [1.29, 1.82) is 0 Å². The molecule has 1 saturated carbocycles. The van der Waals surface area contributed by atoms with E-state index in [0.717, 1.165) is 17.3 Å². The lowest BCUT2D eigenvalue weighted by molar-refractivity contribution is 0.391. The minimum absolute atomic E-state index is 0.535. The van der Waals surface area contributed by atoms with Gasteiger partial charge in [0.15, 0.2) is 0 Å². The van der Waals surface area contributed by atoms with Gasteiger partial charge in [-0.15, -0.1) is 0 Å². The molecule has 1 aliphatic rings. The van der Waals surface area contributed by atoms with Gasteiger partial charge in [0.05, 0.1) is 12.4 Å². The molecule has 4 nitrogen and oxygen atoms in total. The van der Waals surface area contributed by atoms with Crippen LogP contribution in [0.4, 0.5) is 0 Å². The maximum atomic E-state index is 5.73. The van der Waals surface area contributed by atoms with Crippen molar-refractivity contribution in [2.45, 2.75) is 26.3 Å². The van der Waals surface area contributed by atoms with Crippen molar-refractivity contribution in [2.24, 2.45) is 16.6 Å². The molecule has 1 aliphatic carbocycles. The lowest BCUT2D eigenvalue weighted by Gasteiger charge is -1.94. The molecule has 1 aromatic heterocycles. The van der Waals surface area contributed by atoms with Crippen LogP contribution in [0.5, 0.6) is 0 Å². The largest absolute Gasteiger partial charge is 0.387 e. The number of aromatic nitrogens is 1. The molecular formula is C9H13N3O. The quantitative estimate of drug-likeness (QED) is 0.561. The summed E-state index contributed by atoms with van der Waals surface area (Å²) < 4.78 is 4.91. The van der Waals surface area contributed by atoms with Crippen LogP contribution in [0.15, 0.2) is 15.6 Å². The number of aryl methyl sites for hydroxylation is 1. The van der Waals surface area contributed by atoms with Crippen LogP contribution in [-0.2, 0) is 6.54 Å². The topological polar surface area (TPSA) is 64.4 Å². The first-order valence-electron chi connectivity index (χ1n) is 4.47. The van der Waals surface area contributed by atoms with E-state index in [4.69, 9.17) is 10.3 Å². The normalized spacial score (nSPS) is 17.8. The fourth-order valence-electron chi connectivity index (χ4n) is 1.17. The summed E-state index contributed by atoms with van der Waals surface area (Å²) in [5, 5.41) is 3.83. The Morgan fingerprint density at radius 1 is 1.77 bits per heavy atom. The SMILES string of the molecule is Cc1cc(CN=C(N)C2CC2)no1. The predicted octanol–water partition coefficient (Wildman–Crippen LogP) is 1.25. The highest BCUT2D eigenvalue weighted by Gasteiger charge is 2.25. The molecule has 0 saturated heterocycles. The third-order valence-corrected chi connectivity index (χ3v) is 2.10. The molecule has 2 rings (SSSR count). The predicted molar refractivity (Wildman–Crippen MR) is 49.3 cm³/mol. The van der Waals surface area contributed by atoms with Crippen LogP contribution in [0.3, 0.4) is 0 Å². The van der Waals surface area contributed by atoms with Crippen molar-refractivity contribution in [1.82, 2.24) is 5.16 Å². The second-order valence-electron chi connectivity index (χ2n) is 3.44. The van der Waals surface area contributed by atoms with Gasteiger partial charge in [-0.25, -0.2) is 0 Å². The molecule has 0 spiro atoms. The van der Waals surface area contributed by atoms with E-state index in [1.54, 1.807) is 0 Å². The van der Waals surface area contributed by atoms with E-state index in [-0.39, 0.29) is 0 Å². The van der Waals surface area contributed by atoms with Crippen LogP contribution in [0.1, 0.15) is 24.3 Å². The maximum absolute atomic E-state index is 5.73. The molecule has 13 heavy (non-hydrogen) atoms. The smallest absolute Gasteiger partial charge is 0.133 e. The lowest BCUT2D eigenvalue weighted by Crippen LogP contribution is -2.14. The van der Waals surface area contributed by atoms with Crippen LogP contribution in [0.2, 0.25) is 0 Å². The molecule has 2 N–H and O–H groups in total. The van der Waals surface area contributed by atoms with E-state index in [9.17, 15) is 0 Å². The van der Waals surface area contributed by atoms with Gasteiger partial charge < -0.3 is 10.3 Å². The van der Waals surface area contributed by atoms with E-state index in [1.165, 1.54) is 12.8 Å². The summed E-state index contributed by atoms with van der Waals surface area (Å²) >= 11 is 0. The molecule has 0 unspecified atom stereocenters. The molecule has 0 aliphatic heterocycles. The highest BCUT2D eigenvalue weighted by molar-refractivity contribution is 5.84. The van der Waals surface area contributed by atoms with E-state index < -0.39 is 0 Å². The Hall–Kier alpha value is -1.32. The fourth-order valence-corrected chi connectivity index (χ4v) is 1.17. The van der Waals surface area contributed by atoms with Gasteiger partial charge in [-0.2, -0.15) is 0 Å². The summed E-state index contributed by atoms with van der Waals surface area (Å²) in [5.74, 6) is 2.11. The molecule has 1 fully saturated rings. The summed E-state index contributed by atoms with van der Waals surface area (Å²) in [5.41, 5.74) is 6.57. The van der Waals surface area contributed by atoms with Crippen LogP contribution in [-0.4, -0.2) is 11.0 Å². The van der Waals surface area contributed by atoms with Crippen molar-refractivity contribution in [3.63, 3.8) is 0 Å². The average Bonchev–Trinajstić information content (AvgIpc) is 2.87. The Kier molecular flexibility index (Phi) is 2.04. The summed E-state index contributed by atoms with van der Waals surface area (Å²) in [6, 6.07) is 1.88. The third kappa shape index (κ3) is 2.08. The van der Waals surface area contributed by atoms with Crippen molar-refractivity contribution in [3.8, 4) is 0 Å². The Morgan fingerprint density at radius 3 is 3.08 bits per heavy atom. The van der Waals surface area contributed by atoms with E-state index in [2.05, 4.69) is 10.1 Å². The minimum atomic E-state index is 0.535. The third-order valence-electron chi connectivity index (χ3n) is 2.10. The number of nitrogens with two attached hydrogens (primary N) is 1. The molecule has 70 valence electrons. The number of hydrogen-bond acceptors (Lipinski definition) is 3. The van der Waals surface area contributed by atoms with Crippen LogP contribution in [0.25, 0.3) is 0 Å². The first-order chi connectivity index (χ1) is 6.25. The number of rotatable bonds is 3. The highest BCUT2D eigenvalue weighted by Crippen LogP contribution is 2.28. The molecular weight excluding hydrogens is 166 g/mol. The van der Waals surface area contributed by atoms with Gasteiger partial charge in [0.2, 0.25) is 0 Å². The molecule has 0 aromatic carbocycles. The van der Waals surface area contributed by atoms with Crippen molar-refractivity contribution < 1.29 is 4.52 Å². The maximum Gasteiger partial charge on any atom is 0.133 e. The average molecular weight is 179 g/mol. The molecule has 0 amide bonds. The zero-order valence-corrected chi connectivity index (χ0v) is 7.66. The summed E-state index contributed by atoms with van der Waals surface area (Å²) in [6.07, 6.45) is 2.38. The highest BCUT2D eigenvalue weighted by atomic mass is 16.5. The second-order valence-corrected chi connectivity index (χ2v) is 3.44. The first kappa shape index (κ1) is 8.29.